The van der Waals surface area contributed by atoms with Crippen LogP contribution in [0.3, 0.4) is 0 Å². The molecule has 0 aliphatic carbocycles. The van der Waals surface area contributed by atoms with Gasteiger partial charge in [0.15, 0.2) is 0 Å². The number of nitrogens with one attached hydrogen (secondary N) is 1. The van der Waals surface area contributed by atoms with Crippen molar-refractivity contribution < 1.29 is 4.74 Å². The first-order valence-corrected chi connectivity index (χ1v) is 6.35. The van der Waals surface area contributed by atoms with E-state index in [-0.39, 0.29) is 0 Å². The Balaban J connectivity index is 1.78. The van der Waals surface area contributed by atoms with Crippen molar-refractivity contribution in [2.24, 2.45) is 5.92 Å². The molecule has 2 aliphatic rings. The molecule has 1 aromatic carbocycles. The van der Waals surface area contributed by atoms with Crippen molar-refractivity contribution in [1.29, 1.82) is 0 Å². The lowest BCUT2D eigenvalue weighted by Crippen LogP contribution is -2.37. The molecule has 0 spiro atoms. The molecule has 86 valence electrons. The Kier molecular flexibility index (Phi) is 2.78. The van der Waals surface area contributed by atoms with Crippen molar-refractivity contribution in [3.63, 3.8) is 0 Å². The molecular formula is C13H16ClNO. The summed E-state index contributed by atoms with van der Waals surface area (Å²) in [6.07, 6.45) is 3.70. The minimum atomic E-state index is 0.621. The molecule has 1 aromatic rings. The third-order valence-electron chi connectivity index (χ3n) is 3.63. The van der Waals surface area contributed by atoms with Gasteiger partial charge >= 0.3 is 0 Å². The summed E-state index contributed by atoms with van der Waals surface area (Å²) in [5.41, 5.74) is 1.30. The van der Waals surface area contributed by atoms with Gasteiger partial charge in [-0.3, -0.25) is 0 Å². The molecule has 2 nitrogen and oxygen atoms in total. The predicted octanol–water partition coefficient (Wildman–Crippen LogP) is 2.64. The van der Waals surface area contributed by atoms with Crippen molar-refractivity contribution in [2.75, 3.05) is 13.2 Å². The summed E-state index contributed by atoms with van der Waals surface area (Å²) in [6.45, 7) is 1.99. The Bertz CT molecular complexity index is 388. The zero-order valence-electron chi connectivity index (χ0n) is 9.21. The molecule has 1 fully saturated rings. The third kappa shape index (κ3) is 1.92. The Labute approximate surface area is 101 Å². The molecule has 0 aromatic heterocycles. The number of hydrogen-bond donors (Lipinski definition) is 1. The number of hydrogen-bond acceptors (Lipinski definition) is 2. The van der Waals surface area contributed by atoms with E-state index in [1.165, 1.54) is 18.4 Å². The van der Waals surface area contributed by atoms with Crippen LogP contribution in [-0.2, 0) is 6.42 Å². The van der Waals surface area contributed by atoms with Gasteiger partial charge in [0.1, 0.15) is 5.75 Å². The standard InChI is InChI=1S/C13H16ClNO/c14-11-4-3-9-6-10(8-16-13(9)7-11)12-2-1-5-15-12/h3-4,7,10,12,15H,1-2,5-6,8H2. The first-order chi connectivity index (χ1) is 7.83. The smallest absolute Gasteiger partial charge is 0.123 e. The first kappa shape index (κ1) is 10.4. The lowest BCUT2D eigenvalue weighted by Gasteiger charge is -2.29. The van der Waals surface area contributed by atoms with Crippen LogP contribution in [0.4, 0.5) is 0 Å². The Hall–Kier alpha value is -0.730. The number of benzene rings is 1. The van der Waals surface area contributed by atoms with Crippen LogP contribution in [0.15, 0.2) is 18.2 Å². The maximum atomic E-state index is 5.95. The maximum absolute atomic E-state index is 5.95. The van der Waals surface area contributed by atoms with Crippen molar-refractivity contribution in [3.8, 4) is 5.75 Å². The number of fused-ring (bicyclic) bond motifs is 1. The monoisotopic (exact) mass is 237 g/mol. The molecule has 1 saturated heterocycles. The van der Waals surface area contributed by atoms with Crippen molar-refractivity contribution in [3.05, 3.63) is 28.8 Å². The van der Waals surface area contributed by atoms with E-state index >= 15 is 0 Å². The number of rotatable bonds is 1. The normalized spacial score (nSPS) is 28.6. The van der Waals surface area contributed by atoms with Crippen molar-refractivity contribution in [2.45, 2.75) is 25.3 Å². The summed E-state index contributed by atoms with van der Waals surface area (Å²) in [7, 11) is 0. The lowest BCUT2D eigenvalue weighted by molar-refractivity contribution is 0.192. The fraction of sp³-hybridized carbons (Fsp3) is 0.538. The Morgan fingerprint density at radius 1 is 1.38 bits per heavy atom. The second kappa shape index (κ2) is 4.27. The molecule has 3 heteroatoms. The van der Waals surface area contributed by atoms with Crippen LogP contribution < -0.4 is 10.1 Å². The second-order valence-electron chi connectivity index (χ2n) is 4.73. The van der Waals surface area contributed by atoms with Gasteiger partial charge in [0.05, 0.1) is 6.61 Å². The minimum absolute atomic E-state index is 0.621. The van der Waals surface area contributed by atoms with Crippen molar-refractivity contribution in [1.82, 2.24) is 5.32 Å². The molecule has 0 bridgehead atoms. The number of halogens is 1. The molecule has 0 radical (unpaired) electrons. The zero-order valence-corrected chi connectivity index (χ0v) is 9.96. The lowest BCUT2D eigenvalue weighted by atomic mass is 9.90. The van der Waals surface area contributed by atoms with Crippen LogP contribution in [0, 0.1) is 5.92 Å². The molecule has 0 amide bonds. The average molecular weight is 238 g/mol. The van der Waals surface area contributed by atoms with Gasteiger partial charge in [-0.1, -0.05) is 17.7 Å². The summed E-state index contributed by atoms with van der Waals surface area (Å²) >= 11 is 5.95. The minimum Gasteiger partial charge on any atom is -0.493 e. The zero-order chi connectivity index (χ0) is 11.0. The molecule has 2 unspecified atom stereocenters. The summed E-state index contributed by atoms with van der Waals surface area (Å²) in [5.74, 6) is 1.60. The predicted molar refractivity (Wildman–Crippen MR) is 65.2 cm³/mol. The van der Waals surface area contributed by atoms with Crippen LogP contribution in [-0.4, -0.2) is 19.2 Å². The van der Waals surface area contributed by atoms with E-state index in [0.29, 0.717) is 12.0 Å². The molecule has 3 rings (SSSR count). The summed E-state index contributed by atoms with van der Waals surface area (Å²) in [6, 6.07) is 6.62. The van der Waals surface area contributed by atoms with Gasteiger partial charge in [0, 0.05) is 17.0 Å². The van der Waals surface area contributed by atoms with E-state index in [9.17, 15) is 0 Å². The highest BCUT2D eigenvalue weighted by molar-refractivity contribution is 6.30. The quantitative estimate of drug-likeness (QED) is 0.811. The molecule has 16 heavy (non-hydrogen) atoms. The van der Waals surface area contributed by atoms with E-state index in [1.54, 1.807) is 0 Å². The first-order valence-electron chi connectivity index (χ1n) is 5.97. The van der Waals surface area contributed by atoms with Crippen molar-refractivity contribution >= 4 is 11.6 Å². The van der Waals surface area contributed by atoms with E-state index in [4.69, 9.17) is 16.3 Å². The molecule has 1 N–H and O–H groups in total. The van der Waals surface area contributed by atoms with E-state index < -0.39 is 0 Å². The van der Waals surface area contributed by atoms with Gasteiger partial charge in [-0.2, -0.15) is 0 Å². The van der Waals surface area contributed by atoms with Crippen LogP contribution in [0.5, 0.6) is 5.75 Å². The van der Waals surface area contributed by atoms with Crippen LogP contribution in [0.25, 0.3) is 0 Å². The topological polar surface area (TPSA) is 21.3 Å². The third-order valence-corrected chi connectivity index (χ3v) is 3.87. The summed E-state index contributed by atoms with van der Waals surface area (Å²) < 4.78 is 5.80. The Morgan fingerprint density at radius 3 is 3.12 bits per heavy atom. The summed E-state index contributed by atoms with van der Waals surface area (Å²) in [4.78, 5) is 0. The van der Waals surface area contributed by atoms with Gasteiger partial charge in [0.25, 0.3) is 0 Å². The number of ether oxygens (including phenoxy) is 1. The maximum Gasteiger partial charge on any atom is 0.123 e. The average Bonchev–Trinajstić information content (AvgIpc) is 2.82. The van der Waals surface area contributed by atoms with Crippen LogP contribution in [0.2, 0.25) is 5.02 Å². The van der Waals surface area contributed by atoms with Gasteiger partial charge in [0.2, 0.25) is 0 Å². The molecular weight excluding hydrogens is 222 g/mol. The summed E-state index contributed by atoms with van der Waals surface area (Å²) in [5, 5.41) is 4.32. The fourth-order valence-corrected chi connectivity index (χ4v) is 2.90. The van der Waals surface area contributed by atoms with Crippen LogP contribution in [0.1, 0.15) is 18.4 Å². The highest BCUT2D eigenvalue weighted by Crippen LogP contribution is 2.32. The molecule has 2 heterocycles. The SMILES string of the molecule is Clc1ccc2c(c1)OCC(C1CCCN1)C2. The molecule has 2 aliphatic heterocycles. The van der Waals surface area contributed by atoms with Crippen LogP contribution >= 0.6 is 11.6 Å². The Morgan fingerprint density at radius 2 is 2.31 bits per heavy atom. The van der Waals surface area contributed by atoms with E-state index in [0.717, 1.165) is 30.3 Å². The van der Waals surface area contributed by atoms with Gasteiger partial charge in [-0.05, 0) is 43.5 Å². The largest absolute Gasteiger partial charge is 0.493 e. The molecule has 2 atom stereocenters. The second-order valence-corrected chi connectivity index (χ2v) is 5.17. The highest BCUT2D eigenvalue weighted by atomic mass is 35.5. The van der Waals surface area contributed by atoms with E-state index in [1.807, 2.05) is 12.1 Å². The fourth-order valence-electron chi connectivity index (χ4n) is 2.74. The highest BCUT2D eigenvalue weighted by Gasteiger charge is 2.29. The van der Waals surface area contributed by atoms with Gasteiger partial charge in [-0.15, -0.1) is 0 Å². The molecule has 0 saturated carbocycles. The van der Waals surface area contributed by atoms with Gasteiger partial charge < -0.3 is 10.1 Å². The van der Waals surface area contributed by atoms with Gasteiger partial charge in [-0.25, -0.2) is 0 Å². The van der Waals surface area contributed by atoms with E-state index in [2.05, 4.69) is 11.4 Å².